The van der Waals surface area contributed by atoms with Crippen molar-refractivity contribution in [3.05, 3.63) is 28.7 Å². The Kier molecular flexibility index (Phi) is 6.18. The number of carbonyl (C=O) groups excluding carboxylic acids is 1. The predicted molar refractivity (Wildman–Crippen MR) is 79.0 cm³/mol. The van der Waals surface area contributed by atoms with Crippen LogP contribution in [0.25, 0.3) is 0 Å². The quantitative estimate of drug-likeness (QED) is 0.642. The lowest BCUT2D eigenvalue weighted by Gasteiger charge is -2.25. The number of nitrogens with one attached hydrogen (secondary N) is 1. The van der Waals surface area contributed by atoms with Crippen LogP contribution in [0.5, 0.6) is 0 Å². The molecule has 0 aromatic heterocycles. The number of methoxy groups -OCH3 is 1. The molecule has 1 aromatic rings. The Balaban J connectivity index is 2.49. The maximum absolute atomic E-state index is 11.7. The van der Waals surface area contributed by atoms with Crippen molar-refractivity contribution in [2.75, 3.05) is 19.9 Å². The van der Waals surface area contributed by atoms with E-state index in [-0.39, 0.29) is 5.97 Å². The monoisotopic (exact) mass is 331 g/mol. The summed E-state index contributed by atoms with van der Waals surface area (Å²) in [4.78, 5) is 12.8. The third-order valence-electron chi connectivity index (χ3n) is 2.87. The van der Waals surface area contributed by atoms with E-state index in [1.54, 1.807) is 18.8 Å². The van der Waals surface area contributed by atoms with Gasteiger partial charge in [0.25, 0.3) is 0 Å². The summed E-state index contributed by atoms with van der Waals surface area (Å²) in [6.07, 6.45) is 0.719. The molecule has 3 nitrogen and oxygen atoms in total. The maximum Gasteiger partial charge on any atom is 0.325 e. The Hall–Kier alpha value is -0.520. The third kappa shape index (κ3) is 4.30. The van der Waals surface area contributed by atoms with Gasteiger partial charge >= 0.3 is 5.97 Å². The highest BCUT2D eigenvalue weighted by atomic mass is 79.9. The second-order valence-corrected chi connectivity index (χ2v) is 6.21. The molecule has 0 heterocycles. The predicted octanol–water partition coefficient (Wildman–Crippen LogP) is 3.08. The van der Waals surface area contributed by atoms with E-state index in [1.807, 2.05) is 19.1 Å². The molecule has 1 atom stereocenters. The number of halogens is 1. The molecule has 0 radical (unpaired) electrons. The van der Waals surface area contributed by atoms with Crippen molar-refractivity contribution < 1.29 is 9.53 Å². The van der Waals surface area contributed by atoms with E-state index in [0.29, 0.717) is 0 Å². The first kappa shape index (κ1) is 15.5. The fourth-order valence-corrected chi connectivity index (χ4v) is 2.80. The first-order chi connectivity index (χ1) is 8.51. The molecule has 0 spiro atoms. The Morgan fingerprint density at radius 1 is 1.44 bits per heavy atom. The minimum atomic E-state index is -0.614. The summed E-state index contributed by atoms with van der Waals surface area (Å²) in [5.41, 5.74) is -0.614. The molecule has 1 aromatic carbocycles. The van der Waals surface area contributed by atoms with E-state index in [9.17, 15) is 4.79 Å². The van der Waals surface area contributed by atoms with Gasteiger partial charge in [0, 0.05) is 15.1 Å². The number of likely N-dealkylation sites (N-methyl/N-ethyl adjacent to an activating group) is 1. The van der Waals surface area contributed by atoms with Crippen molar-refractivity contribution in [1.82, 2.24) is 5.32 Å². The van der Waals surface area contributed by atoms with Crippen LogP contribution in [0.3, 0.4) is 0 Å². The number of benzene rings is 1. The van der Waals surface area contributed by atoms with Gasteiger partial charge in [-0.05, 0) is 44.7 Å². The van der Waals surface area contributed by atoms with Crippen LogP contribution >= 0.6 is 27.7 Å². The highest BCUT2D eigenvalue weighted by molar-refractivity contribution is 9.10. The van der Waals surface area contributed by atoms with Crippen molar-refractivity contribution >= 4 is 33.7 Å². The Morgan fingerprint density at radius 2 is 2.06 bits per heavy atom. The minimum absolute atomic E-state index is 0.221. The van der Waals surface area contributed by atoms with E-state index < -0.39 is 5.54 Å². The highest BCUT2D eigenvalue weighted by Gasteiger charge is 2.31. The smallest absolute Gasteiger partial charge is 0.325 e. The molecule has 0 fully saturated rings. The van der Waals surface area contributed by atoms with Gasteiger partial charge in [-0.3, -0.25) is 4.79 Å². The number of carbonyl (C=O) groups is 1. The zero-order chi connectivity index (χ0) is 13.6. The van der Waals surface area contributed by atoms with Crippen molar-refractivity contribution in [3.8, 4) is 0 Å². The molecule has 0 aliphatic heterocycles. The van der Waals surface area contributed by atoms with Crippen LogP contribution in [0.4, 0.5) is 0 Å². The van der Waals surface area contributed by atoms with E-state index in [2.05, 4.69) is 33.4 Å². The molecule has 0 bridgehead atoms. The zero-order valence-electron chi connectivity index (χ0n) is 10.8. The lowest BCUT2D eigenvalue weighted by Crippen LogP contribution is -2.48. The van der Waals surface area contributed by atoms with Crippen LogP contribution in [-0.2, 0) is 9.53 Å². The standard InChI is InChI=1S/C13H18BrNO2S/c1-13(15-2,12(16)17-3)8-9-18-11-6-4-10(14)5-7-11/h4-7,15H,8-9H2,1-3H3. The van der Waals surface area contributed by atoms with Crippen LogP contribution in [0, 0.1) is 0 Å². The lowest BCUT2D eigenvalue weighted by molar-refractivity contribution is -0.147. The second-order valence-electron chi connectivity index (χ2n) is 4.13. The number of hydrogen-bond donors (Lipinski definition) is 1. The van der Waals surface area contributed by atoms with Gasteiger partial charge in [-0.2, -0.15) is 0 Å². The molecule has 18 heavy (non-hydrogen) atoms. The first-order valence-electron chi connectivity index (χ1n) is 5.67. The van der Waals surface area contributed by atoms with Gasteiger partial charge in [0.2, 0.25) is 0 Å². The number of esters is 1. The normalized spacial score (nSPS) is 14.0. The topological polar surface area (TPSA) is 38.3 Å². The van der Waals surface area contributed by atoms with Crippen molar-refractivity contribution in [2.45, 2.75) is 23.8 Å². The van der Waals surface area contributed by atoms with Gasteiger partial charge in [0.05, 0.1) is 7.11 Å². The van der Waals surface area contributed by atoms with E-state index in [0.717, 1.165) is 16.6 Å². The number of rotatable bonds is 6. The average molecular weight is 332 g/mol. The first-order valence-corrected chi connectivity index (χ1v) is 7.45. The summed E-state index contributed by atoms with van der Waals surface area (Å²) in [7, 11) is 3.20. The fraction of sp³-hybridized carbons (Fsp3) is 0.462. The Bertz CT molecular complexity index is 396. The molecule has 1 N–H and O–H groups in total. The van der Waals surface area contributed by atoms with E-state index in [1.165, 1.54) is 12.0 Å². The molecular formula is C13H18BrNO2S. The Morgan fingerprint density at radius 3 is 2.56 bits per heavy atom. The SMILES string of the molecule is CNC(C)(CCSc1ccc(Br)cc1)C(=O)OC. The maximum atomic E-state index is 11.7. The molecule has 1 unspecified atom stereocenters. The van der Waals surface area contributed by atoms with Gasteiger partial charge in [-0.25, -0.2) is 0 Å². The summed E-state index contributed by atoms with van der Waals surface area (Å²) in [6.45, 7) is 1.86. The zero-order valence-corrected chi connectivity index (χ0v) is 13.2. The number of thioether (sulfide) groups is 1. The summed E-state index contributed by atoms with van der Waals surface area (Å²) < 4.78 is 5.88. The van der Waals surface area contributed by atoms with Crippen molar-refractivity contribution in [2.24, 2.45) is 0 Å². The van der Waals surface area contributed by atoms with Gasteiger partial charge in [-0.1, -0.05) is 15.9 Å². The summed E-state index contributed by atoms with van der Waals surface area (Å²) in [5, 5.41) is 3.03. The summed E-state index contributed by atoms with van der Waals surface area (Å²) >= 11 is 5.14. The molecular weight excluding hydrogens is 314 g/mol. The molecule has 0 aliphatic carbocycles. The summed E-state index contributed by atoms with van der Waals surface area (Å²) in [6, 6.07) is 8.15. The molecule has 0 amide bonds. The van der Waals surface area contributed by atoms with Crippen LogP contribution in [0.2, 0.25) is 0 Å². The Labute approximate surface area is 121 Å². The van der Waals surface area contributed by atoms with Gasteiger partial charge in [-0.15, -0.1) is 11.8 Å². The molecule has 0 aliphatic rings. The van der Waals surface area contributed by atoms with E-state index >= 15 is 0 Å². The van der Waals surface area contributed by atoms with Crippen LogP contribution in [0.15, 0.2) is 33.6 Å². The largest absolute Gasteiger partial charge is 0.468 e. The number of ether oxygens (including phenoxy) is 1. The minimum Gasteiger partial charge on any atom is -0.468 e. The van der Waals surface area contributed by atoms with Crippen LogP contribution < -0.4 is 5.32 Å². The van der Waals surface area contributed by atoms with Crippen LogP contribution in [0.1, 0.15) is 13.3 Å². The molecule has 0 saturated carbocycles. The van der Waals surface area contributed by atoms with Crippen LogP contribution in [-0.4, -0.2) is 31.4 Å². The molecule has 100 valence electrons. The second kappa shape index (κ2) is 7.16. The van der Waals surface area contributed by atoms with Crippen molar-refractivity contribution in [1.29, 1.82) is 0 Å². The molecule has 1 rings (SSSR count). The molecule has 0 saturated heterocycles. The van der Waals surface area contributed by atoms with Gasteiger partial charge < -0.3 is 10.1 Å². The lowest BCUT2D eigenvalue weighted by atomic mass is 10.00. The van der Waals surface area contributed by atoms with Crippen molar-refractivity contribution in [3.63, 3.8) is 0 Å². The molecule has 5 heteroatoms. The average Bonchev–Trinajstić information content (AvgIpc) is 2.39. The fourth-order valence-electron chi connectivity index (χ4n) is 1.46. The number of hydrogen-bond acceptors (Lipinski definition) is 4. The van der Waals surface area contributed by atoms with E-state index in [4.69, 9.17) is 4.74 Å². The summed E-state index contributed by atoms with van der Waals surface area (Å²) in [5.74, 6) is 0.634. The van der Waals surface area contributed by atoms with Gasteiger partial charge in [0.15, 0.2) is 0 Å². The van der Waals surface area contributed by atoms with Gasteiger partial charge in [0.1, 0.15) is 5.54 Å². The third-order valence-corrected chi connectivity index (χ3v) is 4.41. The highest BCUT2D eigenvalue weighted by Crippen LogP contribution is 2.24.